The zero-order valence-corrected chi connectivity index (χ0v) is 17.9. The summed E-state index contributed by atoms with van der Waals surface area (Å²) in [5.74, 6) is 0. The van der Waals surface area contributed by atoms with Gasteiger partial charge in [0.15, 0.2) is 0 Å². The molecule has 0 saturated carbocycles. The minimum atomic E-state index is -0.502. The predicted molar refractivity (Wildman–Crippen MR) is 109 cm³/mol. The summed E-state index contributed by atoms with van der Waals surface area (Å²) >= 11 is 9.59. The highest BCUT2D eigenvalue weighted by atomic mass is 35.5. The van der Waals surface area contributed by atoms with E-state index in [0.29, 0.717) is 39.6 Å². The SMILES string of the molecule is CCCCCCCCCCC(S)OCCOCCOCCOCC(=O)Cl. The van der Waals surface area contributed by atoms with Gasteiger partial charge in [-0.2, -0.15) is 0 Å². The first-order chi connectivity index (χ1) is 12.7. The minimum Gasteiger partial charge on any atom is -0.377 e. The second kappa shape index (κ2) is 21.5. The van der Waals surface area contributed by atoms with Gasteiger partial charge in [0.05, 0.1) is 39.6 Å². The van der Waals surface area contributed by atoms with Gasteiger partial charge in [0.2, 0.25) is 5.24 Å². The Morgan fingerprint density at radius 3 is 1.88 bits per heavy atom. The van der Waals surface area contributed by atoms with E-state index in [1.54, 1.807) is 0 Å². The Bertz CT molecular complexity index is 308. The maximum absolute atomic E-state index is 10.4. The van der Waals surface area contributed by atoms with E-state index in [4.69, 9.17) is 30.5 Å². The quantitative estimate of drug-likeness (QED) is 0.129. The third kappa shape index (κ3) is 22.2. The van der Waals surface area contributed by atoms with Crippen LogP contribution in [0.15, 0.2) is 0 Å². The van der Waals surface area contributed by atoms with Crippen molar-refractivity contribution in [2.45, 2.75) is 70.1 Å². The van der Waals surface area contributed by atoms with Crippen molar-refractivity contribution in [1.29, 1.82) is 0 Å². The van der Waals surface area contributed by atoms with Crippen molar-refractivity contribution >= 4 is 29.5 Å². The molecule has 0 saturated heterocycles. The first-order valence-corrected chi connectivity index (χ1v) is 10.8. The van der Waals surface area contributed by atoms with E-state index >= 15 is 0 Å². The molecule has 156 valence electrons. The number of hydrogen-bond acceptors (Lipinski definition) is 6. The molecule has 0 aliphatic heterocycles. The van der Waals surface area contributed by atoms with E-state index in [-0.39, 0.29) is 12.0 Å². The zero-order chi connectivity index (χ0) is 19.3. The average molecular weight is 413 g/mol. The van der Waals surface area contributed by atoms with Crippen molar-refractivity contribution in [3.63, 3.8) is 0 Å². The molecule has 0 aromatic rings. The van der Waals surface area contributed by atoms with Crippen LogP contribution in [-0.4, -0.2) is 56.9 Å². The van der Waals surface area contributed by atoms with Crippen LogP contribution in [0.4, 0.5) is 0 Å². The van der Waals surface area contributed by atoms with Crippen molar-refractivity contribution in [2.75, 3.05) is 46.2 Å². The molecule has 0 fully saturated rings. The molecular formula is C19H37ClO5S. The summed E-state index contributed by atoms with van der Waals surface area (Å²) in [7, 11) is 0. The molecule has 0 aromatic heterocycles. The molecule has 1 unspecified atom stereocenters. The topological polar surface area (TPSA) is 54.0 Å². The van der Waals surface area contributed by atoms with E-state index in [2.05, 4.69) is 19.6 Å². The van der Waals surface area contributed by atoms with E-state index in [1.165, 1.54) is 51.4 Å². The minimum absolute atomic E-state index is 0.00302. The molecule has 26 heavy (non-hydrogen) atoms. The lowest BCUT2D eigenvalue weighted by Gasteiger charge is -2.12. The fraction of sp³-hybridized carbons (Fsp3) is 0.947. The number of carbonyl (C=O) groups is 1. The molecule has 0 aromatic carbocycles. The van der Waals surface area contributed by atoms with Gasteiger partial charge < -0.3 is 18.9 Å². The Morgan fingerprint density at radius 2 is 1.31 bits per heavy atom. The van der Waals surface area contributed by atoms with Crippen molar-refractivity contribution in [3.05, 3.63) is 0 Å². The van der Waals surface area contributed by atoms with E-state index < -0.39 is 5.24 Å². The highest BCUT2D eigenvalue weighted by molar-refractivity contribution is 7.80. The van der Waals surface area contributed by atoms with E-state index in [0.717, 1.165) is 6.42 Å². The predicted octanol–water partition coefficient (Wildman–Crippen LogP) is 4.60. The largest absolute Gasteiger partial charge is 0.377 e. The van der Waals surface area contributed by atoms with Crippen LogP contribution in [0.1, 0.15) is 64.7 Å². The molecule has 0 radical (unpaired) electrons. The molecule has 0 aliphatic carbocycles. The number of halogens is 1. The highest BCUT2D eigenvalue weighted by Crippen LogP contribution is 2.13. The Balaban J connectivity index is 3.15. The lowest BCUT2D eigenvalue weighted by atomic mass is 10.1. The molecule has 0 aliphatic rings. The van der Waals surface area contributed by atoms with Crippen LogP contribution in [0.25, 0.3) is 0 Å². The molecule has 7 heteroatoms. The van der Waals surface area contributed by atoms with E-state index in [9.17, 15) is 4.79 Å². The van der Waals surface area contributed by atoms with Crippen LogP contribution < -0.4 is 0 Å². The lowest BCUT2D eigenvalue weighted by molar-refractivity contribution is -0.116. The van der Waals surface area contributed by atoms with Crippen LogP contribution in [-0.2, 0) is 23.7 Å². The Labute approximate surface area is 169 Å². The molecule has 0 N–H and O–H groups in total. The van der Waals surface area contributed by atoms with Crippen LogP contribution in [0.3, 0.4) is 0 Å². The van der Waals surface area contributed by atoms with Gasteiger partial charge >= 0.3 is 0 Å². The monoisotopic (exact) mass is 412 g/mol. The molecule has 0 bridgehead atoms. The second-order valence-corrected chi connectivity index (χ2v) is 7.22. The molecule has 0 rings (SSSR count). The molecule has 0 spiro atoms. The van der Waals surface area contributed by atoms with Crippen LogP contribution in [0.5, 0.6) is 0 Å². The maximum atomic E-state index is 10.4. The number of thiol groups is 1. The number of ether oxygens (including phenoxy) is 4. The summed E-state index contributed by atoms with van der Waals surface area (Å²) in [6, 6.07) is 0. The molecular weight excluding hydrogens is 376 g/mol. The molecule has 0 heterocycles. The van der Waals surface area contributed by atoms with Crippen LogP contribution >= 0.6 is 24.2 Å². The molecule has 5 nitrogen and oxygen atoms in total. The van der Waals surface area contributed by atoms with Crippen molar-refractivity contribution in [3.8, 4) is 0 Å². The molecule has 1 atom stereocenters. The average Bonchev–Trinajstić information content (AvgIpc) is 2.61. The summed E-state index contributed by atoms with van der Waals surface area (Å²) in [5.41, 5.74) is -0.00302. The van der Waals surface area contributed by atoms with Gasteiger partial charge in [0, 0.05) is 0 Å². The standard InChI is InChI=1S/C19H37ClO5S/c1-2-3-4-5-6-7-8-9-10-19(26)25-16-15-23-12-11-22-13-14-24-17-18(20)21/h19,26H,2-17H2,1H3. The maximum Gasteiger partial charge on any atom is 0.247 e. The van der Waals surface area contributed by atoms with Gasteiger partial charge in [-0.05, 0) is 18.0 Å². The lowest BCUT2D eigenvalue weighted by Crippen LogP contribution is -2.14. The van der Waals surface area contributed by atoms with Crippen LogP contribution in [0, 0.1) is 0 Å². The number of rotatable bonds is 21. The fourth-order valence-electron chi connectivity index (χ4n) is 2.37. The Kier molecular flexibility index (Phi) is 21.6. The number of carbonyl (C=O) groups excluding carboxylic acids is 1. The first-order valence-electron chi connectivity index (χ1n) is 9.88. The normalized spacial score (nSPS) is 12.4. The third-order valence-corrected chi connectivity index (χ3v) is 4.32. The second-order valence-electron chi connectivity index (χ2n) is 6.22. The van der Waals surface area contributed by atoms with E-state index in [1.807, 2.05) is 0 Å². The summed E-state index contributed by atoms with van der Waals surface area (Å²) in [6.45, 7) is 5.01. The van der Waals surface area contributed by atoms with Gasteiger partial charge in [-0.25, -0.2) is 0 Å². The summed E-state index contributed by atoms with van der Waals surface area (Å²) in [4.78, 5) is 10.4. The van der Waals surface area contributed by atoms with Gasteiger partial charge in [-0.15, -0.1) is 12.6 Å². The van der Waals surface area contributed by atoms with Crippen molar-refractivity contribution < 1.29 is 23.7 Å². The Hall–Kier alpha value is 0.150. The van der Waals surface area contributed by atoms with Crippen LogP contribution in [0.2, 0.25) is 0 Å². The van der Waals surface area contributed by atoms with Gasteiger partial charge in [0.25, 0.3) is 0 Å². The smallest absolute Gasteiger partial charge is 0.247 e. The molecule has 0 amide bonds. The summed E-state index contributed by atoms with van der Waals surface area (Å²) in [6.07, 6.45) is 11.5. The van der Waals surface area contributed by atoms with Gasteiger partial charge in [0.1, 0.15) is 12.0 Å². The Morgan fingerprint density at radius 1 is 0.808 bits per heavy atom. The first kappa shape index (κ1) is 26.1. The fourth-order valence-corrected chi connectivity index (χ4v) is 2.74. The summed E-state index contributed by atoms with van der Waals surface area (Å²) < 4.78 is 21.3. The van der Waals surface area contributed by atoms with Gasteiger partial charge in [-0.1, -0.05) is 58.3 Å². The van der Waals surface area contributed by atoms with Crippen molar-refractivity contribution in [1.82, 2.24) is 0 Å². The number of hydrogen-bond donors (Lipinski definition) is 1. The highest BCUT2D eigenvalue weighted by Gasteiger charge is 2.03. The summed E-state index contributed by atoms with van der Waals surface area (Å²) in [5, 5.41) is -0.502. The third-order valence-electron chi connectivity index (χ3n) is 3.80. The zero-order valence-electron chi connectivity index (χ0n) is 16.3. The van der Waals surface area contributed by atoms with Gasteiger partial charge in [-0.3, -0.25) is 4.79 Å². The number of unbranched alkanes of at least 4 members (excludes halogenated alkanes) is 7. The van der Waals surface area contributed by atoms with Crippen molar-refractivity contribution in [2.24, 2.45) is 0 Å².